The molecule has 9 nitrogen and oxygen atoms in total. The van der Waals surface area contributed by atoms with Gasteiger partial charge in [0.25, 0.3) is 0 Å². The summed E-state index contributed by atoms with van der Waals surface area (Å²) in [7, 11) is 0. The van der Waals surface area contributed by atoms with E-state index in [9.17, 15) is 19.2 Å². The number of hydrogen-bond donors (Lipinski definition) is 3. The minimum atomic E-state index is -0.867. The van der Waals surface area contributed by atoms with Crippen LogP contribution < -0.4 is 16.0 Å². The number of amides is 4. The van der Waals surface area contributed by atoms with Crippen LogP contribution in [0.4, 0.5) is 4.79 Å². The molecule has 0 bridgehead atoms. The molecular formula is C24H34N4O5. The molecule has 0 aliphatic carbocycles. The van der Waals surface area contributed by atoms with Crippen LogP contribution in [0.3, 0.4) is 0 Å². The van der Waals surface area contributed by atoms with E-state index < -0.39 is 35.7 Å². The summed E-state index contributed by atoms with van der Waals surface area (Å²) in [6.45, 7) is 7.13. The van der Waals surface area contributed by atoms with E-state index in [-0.39, 0.29) is 17.9 Å². The highest BCUT2D eigenvalue weighted by Gasteiger charge is 2.46. The number of piperidine rings is 1. The van der Waals surface area contributed by atoms with E-state index in [1.165, 1.54) is 6.92 Å². The fourth-order valence-electron chi connectivity index (χ4n) is 4.30. The number of carbonyl (C=O) groups excluding carboxylic acids is 4. The Balaban J connectivity index is 1.56. The summed E-state index contributed by atoms with van der Waals surface area (Å²) in [5, 5.41) is 8.15. The van der Waals surface area contributed by atoms with Crippen LogP contribution in [-0.2, 0) is 25.7 Å². The quantitative estimate of drug-likeness (QED) is 0.602. The molecule has 180 valence electrons. The number of nitrogens with zero attached hydrogens (tertiary/aromatic N) is 1. The summed E-state index contributed by atoms with van der Waals surface area (Å²) in [5.74, 6) is -0.898. The van der Waals surface area contributed by atoms with Gasteiger partial charge < -0.3 is 25.6 Å². The van der Waals surface area contributed by atoms with Gasteiger partial charge in [0.05, 0.1) is 0 Å². The molecular weight excluding hydrogens is 424 g/mol. The van der Waals surface area contributed by atoms with Gasteiger partial charge >= 0.3 is 6.09 Å². The molecule has 4 amide bonds. The number of fused-ring (bicyclic) bond motifs is 1. The summed E-state index contributed by atoms with van der Waals surface area (Å²) in [6.07, 6.45) is 1.90. The molecule has 33 heavy (non-hydrogen) atoms. The lowest BCUT2D eigenvalue weighted by atomic mass is 9.97. The van der Waals surface area contributed by atoms with Crippen molar-refractivity contribution in [2.45, 2.75) is 89.7 Å². The number of nitrogens with one attached hydrogen (secondary N) is 3. The molecule has 0 spiro atoms. The Morgan fingerprint density at radius 3 is 2.42 bits per heavy atom. The highest BCUT2D eigenvalue weighted by Crippen LogP contribution is 2.32. The van der Waals surface area contributed by atoms with Gasteiger partial charge in [-0.25, -0.2) is 4.79 Å². The third-order valence-corrected chi connectivity index (χ3v) is 5.90. The van der Waals surface area contributed by atoms with Crippen LogP contribution in [0.15, 0.2) is 30.3 Å². The fourth-order valence-corrected chi connectivity index (χ4v) is 4.30. The molecule has 2 fully saturated rings. The van der Waals surface area contributed by atoms with Gasteiger partial charge in [-0.2, -0.15) is 0 Å². The number of carbonyl (C=O) groups is 4. The monoisotopic (exact) mass is 458 g/mol. The highest BCUT2D eigenvalue weighted by atomic mass is 16.6. The molecule has 0 radical (unpaired) electrons. The predicted octanol–water partition coefficient (Wildman–Crippen LogP) is 1.85. The molecule has 0 unspecified atom stereocenters. The maximum Gasteiger partial charge on any atom is 0.408 e. The third kappa shape index (κ3) is 6.46. The standard InChI is InChI=1S/C24H34N4O5/c1-15(26-23(32)33-24(2,3)4)20(29)27-18-12-10-17-11-13-19(28(17)22(18)31)21(30)25-14-16-8-6-5-7-9-16/h5-9,15,17-19H,10-14H2,1-4H3,(H,25,30)(H,26,32)(H,27,29)/t15-,17-,18-,19-/m0/s1. The minimum absolute atomic E-state index is 0.00967. The largest absolute Gasteiger partial charge is 0.444 e. The smallest absolute Gasteiger partial charge is 0.408 e. The Kier molecular flexibility index (Phi) is 7.61. The number of hydrogen-bond acceptors (Lipinski definition) is 5. The molecule has 2 saturated heterocycles. The summed E-state index contributed by atoms with van der Waals surface area (Å²) in [5.41, 5.74) is 0.308. The van der Waals surface area contributed by atoms with Crippen LogP contribution in [0.2, 0.25) is 0 Å². The van der Waals surface area contributed by atoms with E-state index in [0.717, 1.165) is 12.0 Å². The lowest BCUT2D eigenvalue weighted by molar-refractivity contribution is -0.146. The average molecular weight is 459 g/mol. The van der Waals surface area contributed by atoms with E-state index in [1.807, 2.05) is 30.3 Å². The molecule has 2 aliphatic rings. The first-order chi connectivity index (χ1) is 15.5. The van der Waals surface area contributed by atoms with Crippen molar-refractivity contribution in [3.05, 3.63) is 35.9 Å². The second-order valence-corrected chi connectivity index (χ2v) is 9.70. The van der Waals surface area contributed by atoms with Crippen molar-refractivity contribution in [2.24, 2.45) is 0 Å². The molecule has 3 N–H and O–H groups in total. The predicted molar refractivity (Wildman–Crippen MR) is 122 cm³/mol. The van der Waals surface area contributed by atoms with Crippen molar-refractivity contribution in [3.63, 3.8) is 0 Å². The summed E-state index contributed by atoms with van der Waals surface area (Å²) < 4.78 is 5.17. The maximum absolute atomic E-state index is 13.2. The molecule has 1 aromatic rings. The van der Waals surface area contributed by atoms with Crippen LogP contribution in [-0.4, -0.2) is 58.5 Å². The van der Waals surface area contributed by atoms with Gasteiger partial charge in [0.1, 0.15) is 23.7 Å². The molecule has 0 saturated carbocycles. The Morgan fingerprint density at radius 2 is 1.76 bits per heavy atom. The first-order valence-electron chi connectivity index (χ1n) is 11.5. The van der Waals surface area contributed by atoms with Crippen LogP contribution in [0.1, 0.15) is 58.9 Å². The molecule has 9 heteroatoms. The van der Waals surface area contributed by atoms with Crippen LogP contribution >= 0.6 is 0 Å². The summed E-state index contributed by atoms with van der Waals surface area (Å²) in [4.78, 5) is 52.2. The zero-order valence-corrected chi connectivity index (χ0v) is 19.7. The molecule has 1 aromatic carbocycles. The average Bonchev–Trinajstić information content (AvgIpc) is 3.18. The van der Waals surface area contributed by atoms with E-state index in [2.05, 4.69) is 16.0 Å². The zero-order chi connectivity index (χ0) is 24.2. The van der Waals surface area contributed by atoms with Gasteiger partial charge in [-0.1, -0.05) is 30.3 Å². The highest BCUT2D eigenvalue weighted by molar-refractivity contribution is 5.94. The number of alkyl carbamates (subject to hydrolysis) is 1. The van der Waals surface area contributed by atoms with Gasteiger partial charge in [0.2, 0.25) is 17.7 Å². The molecule has 3 rings (SSSR count). The van der Waals surface area contributed by atoms with Gasteiger partial charge in [-0.3, -0.25) is 14.4 Å². The van der Waals surface area contributed by atoms with Gasteiger partial charge in [0.15, 0.2) is 0 Å². The molecule has 2 heterocycles. The minimum Gasteiger partial charge on any atom is -0.444 e. The van der Waals surface area contributed by atoms with Crippen molar-refractivity contribution in [1.29, 1.82) is 0 Å². The van der Waals surface area contributed by atoms with Crippen LogP contribution in [0.25, 0.3) is 0 Å². The summed E-state index contributed by atoms with van der Waals surface area (Å²) in [6, 6.07) is 7.48. The van der Waals surface area contributed by atoms with Gasteiger partial charge in [-0.15, -0.1) is 0 Å². The summed E-state index contributed by atoms with van der Waals surface area (Å²) >= 11 is 0. The Hall–Kier alpha value is -3.10. The van der Waals surface area contributed by atoms with E-state index in [4.69, 9.17) is 4.74 Å². The van der Waals surface area contributed by atoms with E-state index in [1.54, 1.807) is 25.7 Å². The topological polar surface area (TPSA) is 117 Å². The van der Waals surface area contributed by atoms with E-state index in [0.29, 0.717) is 25.8 Å². The van der Waals surface area contributed by atoms with Crippen molar-refractivity contribution >= 4 is 23.8 Å². The number of benzene rings is 1. The van der Waals surface area contributed by atoms with Crippen molar-refractivity contribution < 1.29 is 23.9 Å². The second-order valence-electron chi connectivity index (χ2n) is 9.70. The Bertz CT molecular complexity index is 883. The maximum atomic E-state index is 13.2. The number of ether oxygens (including phenoxy) is 1. The Morgan fingerprint density at radius 1 is 1.09 bits per heavy atom. The lowest BCUT2D eigenvalue weighted by Crippen LogP contribution is -2.60. The van der Waals surface area contributed by atoms with E-state index >= 15 is 0 Å². The zero-order valence-electron chi connectivity index (χ0n) is 19.7. The molecule has 4 atom stereocenters. The Labute approximate surface area is 194 Å². The normalized spacial score (nSPS) is 23.3. The molecule has 2 aliphatic heterocycles. The van der Waals surface area contributed by atoms with Gasteiger partial charge in [0, 0.05) is 12.6 Å². The number of rotatable bonds is 6. The van der Waals surface area contributed by atoms with Gasteiger partial charge in [-0.05, 0) is 58.9 Å². The van der Waals surface area contributed by atoms with Crippen molar-refractivity contribution in [1.82, 2.24) is 20.9 Å². The SMILES string of the molecule is C[C@H](NC(=O)OC(C)(C)C)C(=O)N[C@H]1CC[C@H]2CC[C@@H](C(=O)NCc3ccccc3)N2C1=O. The molecule has 0 aromatic heterocycles. The van der Waals surface area contributed by atoms with Crippen LogP contribution in [0.5, 0.6) is 0 Å². The van der Waals surface area contributed by atoms with Crippen molar-refractivity contribution in [3.8, 4) is 0 Å². The lowest BCUT2D eigenvalue weighted by Gasteiger charge is -2.38. The first kappa shape index (κ1) is 24.5. The first-order valence-corrected chi connectivity index (χ1v) is 11.5. The third-order valence-electron chi connectivity index (χ3n) is 5.90. The fraction of sp³-hybridized carbons (Fsp3) is 0.583. The second kappa shape index (κ2) is 10.2. The van der Waals surface area contributed by atoms with Crippen LogP contribution in [0, 0.1) is 0 Å². The van der Waals surface area contributed by atoms with Crippen molar-refractivity contribution in [2.75, 3.05) is 0 Å².